The fourth-order valence-corrected chi connectivity index (χ4v) is 5.83. The zero-order valence-corrected chi connectivity index (χ0v) is 16.3. The third kappa shape index (κ3) is 3.64. The van der Waals surface area contributed by atoms with E-state index < -0.39 is 9.84 Å². The molecule has 0 bridgehead atoms. The minimum absolute atomic E-state index is 0.00654. The molecule has 6 nitrogen and oxygen atoms in total. The summed E-state index contributed by atoms with van der Waals surface area (Å²) < 4.78 is 24.6. The van der Waals surface area contributed by atoms with Crippen molar-refractivity contribution in [2.24, 2.45) is 0 Å². The predicted octanol–water partition coefficient (Wildman–Crippen LogP) is 1.59. The number of hydrogen-bond acceptors (Lipinski definition) is 5. The number of nitrogens with zero attached hydrogens (tertiary/aromatic N) is 2. The molecule has 1 amide bonds. The molecule has 7 heteroatoms. The van der Waals surface area contributed by atoms with Crippen molar-refractivity contribution in [3.63, 3.8) is 0 Å². The molecule has 2 heterocycles. The lowest BCUT2D eigenvalue weighted by Crippen LogP contribution is -2.60. The highest BCUT2D eigenvalue weighted by Crippen LogP contribution is 2.30. The lowest BCUT2D eigenvalue weighted by molar-refractivity contribution is 0.0367. The highest BCUT2D eigenvalue weighted by molar-refractivity contribution is 7.91. The first-order chi connectivity index (χ1) is 12.2. The molecule has 2 atom stereocenters. The SMILES string of the molecule is CC(C)=CCN1CCN(C(=O)c2cccc(O)c2C)[C@H]2CS(=O)(=O)C[C@H]21. The van der Waals surface area contributed by atoms with Crippen molar-refractivity contribution in [2.75, 3.05) is 31.1 Å². The van der Waals surface area contributed by atoms with Crippen LogP contribution < -0.4 is 0 Å². The Morgan fingerprint density at radius 2 is 1.92 bits per heavy atom. The molecule has 0 saturated carbocycles. The van der Waals surface area contributed by atoms with Gasteiger partial charge in [-0.1, -0.05) is 17.7 Å². The van der Waals surface area contributed by atoms with Crippen molar-refractivity contribution in [1.82, 2.24) is 9.80 Å². The quantitative estimate of drug-likeness (QED) is 0.808. The predicted molar refractivity (Wildman–Crippen MR) is 101 cm³/mol. The molecule has 2 aliphatic heterocycles. The maximum absolute atomic E-state index is 13.1. The molecule has 0 aliphatic carbocycles. The second-order valence-electron chi connectivity index (χ2n) is 7.44. The number of aromatic hydroxyl groups is 1. The Kier molecular flexibility index (Phi) is 5.12. The Balaban J connectivity index is 1.89. The number of fused-ring (bicyclic) bond motifs is 1. The summed E-state index contributed by atoms with van der Waals surface area (Å²) in [4.78, 5) is 16.9. The monoisotopic (exact) mass is 378 g/mol. The van der Waals surface area contributed by atoms with E-state index in [1.165, 1.54) is 5.57 Å². The highest BCUT2D eigenvalue weighted by atomic mass is 32.2. The maximum Gasteiger partial charge on any atom is 0.254 e. The third-order valence-electron chi connectivity index (χ3n) is 5.32. The van der Waals surface area contributed by atoms with Crippen LogP contribution >= 0.6 is 0 Å². The summed E-state index contributed by atoms with van der Waals surface area (Å²) in [5, 5.41) is 9.90. The zero-order valence-electron chi connectivity index (χ0n) is 15.5. The van der Waals surface area contributed by atoms with Crippen LogP contribution in [0.4, 0.5) is 0 Å². The van der Waals surface area contributed by atoms with Crippen LogP contribution in [0.1, 0.15) is 29.8 Å². The number of hydrogen-bond donors (Lipinski definition) is 1. The lowest BCUT2D eigenvalue weighted by atomic mass is 10.0. The molecular formula is C19H26N2O4S. The summed E-state index contributed by atoms with van der Waals surface area (Å²) in [6.07, 6.45) is 2.10. The first-order valence-electron chi connectivity index (χ1n) is 8.87. The molecule has 142 valence electrons. The fraction of sp³-hybridized carbons (Fsp3) is 0.526. The Morgan fingerprint density at radius 3 is 2.62 bits per heavy atom. The molecule has 2 aliphatic rings. The summed E-state index contributed by atoms with van der Waals surface area (Å²) >= 11 is 0. The van der Waals surface area contributed by atoms with Crippen molar-refractivity contribution in [2.45, 2.75) is 32.9 Å². The minimum atomic E-state index is -3.17. The van der Waals surface area contributed by atoms with E-state index in [4.69, 9.17) is 0 Å². The van der Waals surface area contributed by atoms with Crippen molar-refractivity contribution in [3.05, 3.63) is 41.0 Å². The van der Waals surface area contributed by atoms with E-state index in [0.717, 1.165) is 0 Å². The van der Waals surface area contributed by atoms with Gasteiger partial charge in [-0.3, -0.25) is 9.69 Å². The number of phenolic OH excluding ortho intramolecular Hbond substituents is 1. The van der Waals surface area contributed by atoms with Crippen molar-refractivity contribution in [1.29, 1.82) is 0 Å². The Bertz CT molecular complexity index is 843. The number of piperazine rings is 1. The number of carbonyl (C=O) groups is 1. The molecule has 26 heavy (non-hydrogen) atoms. The van der Waals surface area contributed by atoms with Gasteiger partial charge in [-0.2, -0.15) is 0 Å². The van der Waals surface area contributed by atoms with Crippen LogP contribution in [0.5, 0.6) is 5.75 Å². The lowest BCUT2D eigenvalue weighted by Gasteiger charge is -2.43. The summed E-state index contributed by atoms with van der Waals surface area (Å²) in [5.41, 5.74) is 2.16. The number of benzene rings is 1. The molecule has 0 unspecified atom stereocenters. The molecular weight excluding hydrogens is 352 g/mol. The summed E-state index contributed by atoms with van der Waals surface area (Å²) in [5.74, 6) is -0.0232. The number of rotatable bonds is 3. The van der Waals surface area contributed by atoms with Gasteiger partial charge in [0.05, 0.1) is 17.5 Å². The van der Waals surface area contributed by atoms with Crippen LogP contribution in [0.3, 0.4) is 0 Å². The fourth-order valence-electron chi connectivity index (χ4n) is 3.81. The highest BCUT2D eigenvalue weighted by Gasteiger charge is 2.47. The zero-order chi connectivity index (χ0) is 19.1. The van der Waals surface area contributed by atoms with Gasteiger partial charge in [-0.25, -0.2) is 8.42 Å². The number of allylic oxidation sites excluding steroid dienone is 1. The molecule has 2 saturated heterocycles. The summed E-state index contributed by atoms with van der Waals surface area (Å²) in [6, 6.07) is 4.36. The largest absolute Gasteiger partial charge is 0.508 e. The van der Waals surface area contributed by atoms with Crippen molar-refractivity contribution >= 4 is 15.7 Å². The van der Waals surface area contributed by atoms with Gasteiger partial charge in [0, 0.05) is 36.8 Å². The molecule has 1 aromatic rings. The van der Waals surface area contributed by atoms with Gasteiger partial charge >= 0.3 is 0 Å². The second kappa shape index (κ2) is 7.04. The molecule has 0 aromatic heterocycles. The molecule has 0 radical (unpaired) electrons. The molecule has 0 spiro atoms. The van der Waals surface area contributed by atoms with E-state index in [-0.39, 0.29) is 35.2 Å². The molecule has 2 fully saturated rings. The average Bonchev–Trinajstić information content (AvgIpc) is 2.89. The van der Waals surface area contributed by atoms with Gasteiger partial charge in [0.1, 0.15) is 5.75 Å². The van der Waals surface area contributed by atoms with Gasteiger partial charge in [0.2, 0.25) is 0 Å². The van der Waals surface area contributed by atoms with E-state index in [1.807, 2.05) is 13.8 Å². The van der Waals surface area contributed by atoms with E-state index in [2.05, 4.69) is 11.0 Å². The maximum atomic E-state index is 13.1. The van der Waals surface area contributed by atoms with Crippen LogP contribution in [0, 0.1) is 6.92 Å². The molecule has 1 N–H and O–H groups in total. The molecule has 1 aromatic carbocycles. The van der Waals surface area contributed by atoms with Crippen molar-refractivity contribution < 1.29 is 18.3 Å². The van der Waals surface area contributed by atoms with Crippen LogP contribution in [-0.4, -0.2) is 72.5 Å². The normalized spacial score (nSPS) is 25.0. The first-order valence-corrected chi connectivity index (χ1v) is 10.7. The van der Waals surface area contributed by atoms with E-state index in [1.54, 1.807) is 30.0 Å². The van der Waals surface area contributed by atoms with Gasteiger partial charge in [-0.15, -0.1) is 0 Å². The smallest absolute Gasteiger partial charge is 0.254 e. The van der Waals surface area contributed by atoms with E-state index in [0.29, 0.717) is 30.8 Å². The Morgan fingerprint density at radius 1 is 1.23 bits per heavy atom. The topological polar surface area (TPSA) is 77.9 Å². The summed E-state index contributed by atoms with van der Waals surface area (Å²) in [6.45, 7) is 7.58. The second-order valence-corrected chi connectivity index (χ2v) is 9.59. The van der Waals surface area contributed by atoms with Gasteiger partial charge < -0.3 is 10.0 Å². The number of phenols is 1. The van der Waals surface area contributed by atoms with Crippen molar-refractivity contribution in [3.8, 4) is 5.75 Å². The summed E-state index contributed by atoms with van der Waals surface area (Å²) in [7, 11) is -3.17. The average molecular weight is 378 g/mol. The van der Waals surface area contributed by atoms with Gasteiger partial charge in [0.25, 0.3) is 5.91 Å². The van der Waals surface area contributed by atoms with E-state index >= 15 is 0 Å². The van der Waals surface area contributed by atoms with Crippen LogP contribution in [0.25, 0.3) is 0 Å². The minimum Gasteiger partial charge on any atom is -0.508 e. The number of sulfone groups is 1. The number of carbonyl (C=O) groups excluding carboxylic acids is 1. The van der Waals surface area contributed by atoms with Crippen LogP contribution in [0.15, 0.2) is 29.8 Å². The van der Waals surface area contributed by atoms with Crippen LogP contribution in [0.2, 0.25) is 0 Å². The first kappa shape index (κ1) is 18.9. The van der Waals surface area contributed by atoms with E-state index in [9.17, 15) is 18.3 Å². The van der Waals surface area contributed by atoms with Gasteiger partial charge in [-0.05, 0) is 32.9 Å². The Hall–Kier alpha value is -1.86. The van der Waals surface area contributed by atoms with Gasteiger partial charge in [0.15, 0.2) is 9.84 Å². The van der Waals surface area contributed by atoms with Crippen LogP contribution in [-0.2, 0) is 9.84 Å². The molecule has 3 rings (SSSR count). The Labute approximate surface area is 155 Å². The number of amides is 1. The third-order valence-corrected chi connectivity index (χ3v) is 7.02. The standard InChI is InChI=1S/C19H26N2O4S/c1-13(2)7-8-20-9-10-21(17-12-26(24,25)11-16(17)20)19(23)15-5-4-6-18(22)14(15)3/h4-7,16-17,22H,8-12H2,1-3H3/t16-,17+/m1/s1.